The number of hydrogen-bond acceptors (Lipinski definition) is 4. The van der Waals surface area contributed by atoms with Gasteiger partial charge >= 0.3 is 0 Å². The Morgan fingerprint density at radius 3 is 2.82 bits per heavy atom. The van der Waals surface area contributed by atoms with Crippen LogP contribution in [0.15, 0.2) is 0 Å². The molecule has 1 aliphatic heterocycles. The average Bonchev–Trinajstić information content (AvgIpc) is 2.83. The zero-order chi connectivity index (χ0) is 12.6. The Labute approximate surface area is 105 Å². The third-order valence-electron chi connectivity index (χ3n) is 2.93. The minimum absolute atomic E-state index is 0.0190. The normalized spacial score (nSPS) is 20.3. The van der Waals surface area contributed by atoms with E-state index in [9.17, 15) is 9.18 Å². The Morgan fingerprint density at radius 2 is 2.29 bits per heavy atom. The van der Waals surface area contributed by atoms with Crippen molar-refractivity contribution in [2.75, 3.05) is 18.0 Å². The van der Waals surface area contributed by atoms with E-state index in [0.29, 0.717) is 19.5 Å². The number of ketones is 1. The van der Waals surface area contributed by atoms with Crippen LogP contribution in [-0.2, 0) is 0 Å². The fourth-order valence-corrected chi connectivity index (χ4v) is 3.09. The molecule has 1 saturated heterocycles. The molecule has 2 rings (SSSR count). The van der Waals surface area contributed by atoms with E-state index in [4.69, 9.17) is 0 Å². The van der Waals surface area contributed by atoms with E-state index in [-0.39, 0.29) is 11.7 Å². The lowest BCUT2D eigenvalue weighted by molar-refractivity contribution is 0.0942. The largest absolute Gasteiger partial charge is 0.345 e. The summed E-state index contributed by atoms with van der Waals surface area (Å²) in [6, 6.07) is 0. The van der Waals surface area contributed by atoms with Gasteiger partial charge in [-0.05, 0) is 13.3 Å². The highest BCUT2D eigenvalue weighted by atomic mass is 32.1. The molecule has 1 aromatic rings. The number of halogens is 1. The minimum atomic E-state index is -0.761. The number of anilines is 1. The van der Waals surface area contributed by atoms with Gasteiger partial charge in [0.05, 0.1) is 17.1 Å². The number of carbonyl (C=O) groups is 1. The van der Waals surface area contributed by atoms with Gasteiger partial charge in [-0.25, -0.2) is 9.37 Å². The second-order valence-electron chi connectivity index (χ2n) is 4.76. The van der Waals surface area contributed by atoms with Gasteiger partial charge in [0.1, 0.15) is 6.17 Å². The number of aromatic nitrogens is 1. The van der Waals surface area contributed by atoms with Crippen molar-refractivity contribution in [2.24, 2.45) is 5.92 Å². The quantitative estimate of drug-likeness (QED) is 0.780. The van der Waals surface area contributed by atoms with E-state index >= 15 is 0 Å². The van der Waals surface area contributed by atoms with Crippen LogP contribution in [0.25, 0.3) is 0 Å². The molecule has 0 amide bonds. The number of nitrogens with zero attached hydrogens (tertiary/aromatic N) is 2. The van der Waals surface area contributed by atoms with Crippen molar-refractivity contribution < 1.29 is 9.18 Å². The molecule has 1 fully saturated rings. The number of aryl methyl sites for hydroxylation is 1. The summed E-state index contributed by atoms with van der Waals surface area (Å²) in [5.74, 6) is 0.108. The van der Waals surface area contributed by atoms with Gasteiger partial charge in [0.2, 0.25) is 0 Å². The van der Waals surface area contributed by atoms with Crippen LogP contribution in [0.1, 0.15) is 35.6 Å². The van der Waals surface area contributed by atoms with E-state index in [2.05, 4.69) is 4.98 Å². The summed E-state index contributed by atoms with van der Waals surface area (Å²) >= 11 is 1.39. The van der Waals surface area contributed by atoms with Crippen molar-refractivity contribution in [3.63, 3.8) is 0 Å². The number of hydrogen-bond donors (Lipinski definition) is 0. The maximum atomic E-state index is 13.1. The van der Waals surface area contributed by atoms with E-state index < -0.39 is 6.17 Å². The highest BCUT2D eigenvalue weighted by molar-refractivity contribution is 7.17. The molecule has 0 spiro atoms. The van der Waals surface area contributed by atoms with Crippen molar-refractivity contribution >= 4 is 22.3 Å². The van der Waals surface area contributed by atoms with Gasteiger partial charge in [-0.15, -0.1) is 0 Å². The van der Waals surface area contributed by atoms with Crippen LogP contribution in [0, 0.1) is 12.8 Å². The second-order valence-corrected chi connectivity index (χ2v) is 5.74. The van der Waals surface area contributed by atoms with Gasteiger partial charge in [-0.1, -0.05) is 25.2 Å². The monoisotopic (exact) mass is 256 g/mol. The highest BCUT2D eigenvalue weighted by Crippen LogP contribution is 2.30. The van der Waals surface area contributed by atoms with E-state index in [1.165, 1.54) is 11.3 Å². The predicted octanol–water partition coefficient (Wildman–Crippen LogP) is 2.84. The first-order valence-electron chi connectivity index (χ1n) is 5.89. The first-order chi connectivity index (χ1) is 7.99. The lowest BCUT2D eigenvalue weighted by atomic mass is 10.1. The fourth-order valence-electron chi connectivity index (χ4n) is 1.90. The van der Waals surface area contributed by atoms with Crippen molar-refractivity contribution in [3.8, 4) is 0 Å². The second kappa shape index (κ2) is 4.72. The predicted molar refractivity (Wildman–Crippen MR) is 67.7 cm³/mol. The van der Waals surface area contributed by atoms with Gasteiger partial charge in [0.25, 0.3) is 0 Å². The number of alkyl halides is 1. The molecule has 0 aliphatic carbocycles. The highest BCUT2D eigenvalue weighted by Gasteiger charge is 2.26. The molecule has 1 aromatic heterocycles. The minimum Gasteiger partial charge on any atom is -0.345 e. The fraction of sp³-hybridized carbons (Fsp3) is 0.667. The summed E-state index contributed by atoms with van der Waals surface area (Å²) in [5.41, 5.74) is 0.769. The van der Waals surface area contributed by atoms with Gasteiger partial charge < -0.3 is 4.90 Å². The first kappa shape index (κ1) is 12.5. The summed E-state index contributed by atoms with van der Waals surface area (Å²) in [6.45, 7) is 6.72. The molecular weight excluding hydrogens is 239 g/mol. The van der Waals surface area contributed by atoms with E-state index in [1.54, 1.807) is 0 Å². The molecule has 94 valence electrons. The Morgan fingerprint density at radius 1 is 1.59 bits per heavy atom. The van der Waals surface area contributed by atoms with Crippen LogP contribution in [0.4, 0.5) is 9.52 Å². The average molecular weight is 256 g/mol. The zero-order valence-electron chi connectivity index (χ0n) is 10.4. The molecular formula is C12H17FN2OS. The van der Waals surface area contributed by atoms with Crippen molar-refractivity contribution in [3.05, 3.63) is 10.6 Å². The Hall–Kier alpha value is -0.970. The van der Waals surface area contributed by atoms with Gasteiger partial charge in [0.15, 0.2) is 10.9 Å². The summed E-state index contributed by atoms with van der Waals surface area (Å²) in [5, 5.41) is 0.784. The summed E-state index contributed by atoms with van der Waals surface area (Å²) in [6.07, 6.45) is -0.199. The smallest absolute Gasteiger partial charge is 0.186 e. The number of thiazole rings is 1. The molecule has 0 unspecified atom stereocenters. The molecule has 0 bridgehead atoms. The van der Waals surface area contributed by atoms with Crippen molar-refractivity contribution in [2.45, 2.75) is 33.4 Å². The molecule has 0 N–H and O–H groups in total. The van der Waals surface area contributed by atoms with E-state index in [1.807, 2.05) is 25.7 Å². The third-order valence-corrected chi connectivity index (χ3v) is 4.17. The number of rotatable bonds is 3. The molecule has 0 radical (unpaired) electrons. The topological polar surface area (TPSA) is 33.2 Å². The molecule has 0 saturated carbocycles. The maximum Gasteiger partial charge on any atom is 0.186 e. The third kappa shape index (κ3) is 2.49. The Balaban J connectivity index is 2.21. The van der Waals surface area contributed by atoms with Crippen LogP contribution in [0.2, 0.25) is 0 Å². The molecule has 2 heterocycles. The lowest BCUT2D eigenvalue weighted by Gasteiger charge is -2.12. The maximum absolute atomic E-state index is 13.1. The summed E-state index contributed by atoms with van der Waals surface area (Å²) in [7, 11) is 0. The molecule has 17 heavy (non-hydrogen) atoms. The lowest BCUT2D eigenvalue weighted by Crippen LogP contribution is -2.19. The van der Waals surface area contributed by atoms with E-state index in [0.717, 1.165) is 15.7 Å². The van der Waals surface area contributed by atoms with Crippen molar-refractivity contribution in [1.29, 1.82) is 0 Å². The van der Waals surface area contributed by atoms with Crippen LogP contribution >= 0.6 is 11.3 Å². The van der Waals surface area contributed by atoms with Gasteiger partial charge in [-0.2, -0.15) is 0 Å². The first-order valence-corrected chi connectivity index (χ1v) is 6.71. The summed E-state index contributed by atoms with van der Waals surface area (Å²) in [4.78, 5) is 19.0. The molecule has 5 heteroatoms. The number of carbonyl (C=O) groups excluding carboxylic acids is 1. The van der Waals surface area contributed by atoms with Crippen LogP contribution in [0.3, 0.4) is 0 Å². The standard InChI is InChI=1S/C12H17FN2OS/c1-7(2)10(16)11-8(3)14-12(17-11)15-5-4-9(13)6-15/h7,9H,4-6H2,1-3H3/t9-/m0/s1. The molecule has 0 aromatic carbocycles. The van der Waals surface area contributed by atoms with Crippen molar-refractivity contribution in [1.82, 2.24) is 4.98 Å². The Kier molecular flexibility index (Phi) is 3.47. The van der Waals surface area contributed by atoms with Gasteiger partial charge in [0, 0.05) is 12.5 Å². The molecule has 1 atom stereocenters. The summed E-state index contributed by atoms with van der Waals surface area (Å²) < 4.78 is 13.1. The van der Waals surface area contributed by atoms with Crippen LogP contribution in [-0.4, -0.2) is 30.0 Å². The van der Waals surface area contributed by atoms with Gasteiger partial charge in [-0.3, -0.25) is 4.79 Å². The SMILES string of the molecule is Cc1nc(N2CC[C@H](F)C2)sc1C(=O)C(C)C. The molecule has 1 aliphatic rings. The van der Waals surface area contributed by atoms with Crippen LogP contribution < -0.4 is 4.90 Å². The van der Waals surface area contributed by atoms with Crippen LogP contribution in [0.5, 0.6) is 0 Å². The molecule has 3 nitrogen and oxygen atoms in total. The number of Topliss-reactive ketones (excluding diaryl/α,β-unsaturated/α-hetero) is 1. The Bertz CT molecular complexity index is 430. The zero-order valence-corrected chi connectivity index (χ0v) is 11.2.